The number of aryl methyl sites for hydroxylation is 1. The fourth-order valence-electron chi connectivity index (χ4n) is 2.36. The molecule has 3 N–H and O–H groups in total. The van der Waals surface area contributed by atoms with Crippen LogP contribution in [-0.2, 0) is 16.0 Å². The van der Waals surface area contributed by atoms with Crippen molar-refractivity contribution in [2.75, 3.05) is 0 Å². The first-order valence-corrected chi connectivity index (χ1v) is 7.80. The van der Waals surface area contributed by atoms with Gasteiger partial charge in [0, 0.05) is 18.9 Å². The van der Waals surface area contributed by atoms with Crippen molar-refractivity contribution in [2.24, 2.45) is 5.73 Å². The Labute approximate surface area is 146 Å². The van der Waals surface area contributed by atoms with Crippen molar-refractivity contribution in [1.82, 2.24) is 5.32 Å². The largest absolute Gasteiger partial charge is 0.427 e. The lowest BCUT2D eigenvalue weighted by atomic mass is 10.0. The van der Waals surface area contributed by atoms with E-state index in [1.54, 1.807) is 0 Å². The van der Waals surface area contributed by atoms with Gasteiger partial charge in [-0.1, -0.05) is 24.3 Å². The van der Waals surface area contributed by atoms with Gasteiger partial charge >= 0.3 is 5.97 Å². The molecule has 1 atom stereocenters. The molecule has 0 spiro atoms. The van der Waals surface area contributed by atoms with Gasteiger partial charge in [-0.25, -0.2) is 0 Å². The molecule has 0 aliphatic rings. The molecule has 2 amide bonds. The van der Waals surface area contributed by atoms with E-state index in [4.69, 9.17) is 10.5 Å². The minimum Gasteiger partial charge on any atom is -0.427 e. The predicted octanol–water partition coefficient (Wildman–Crippen LogP) is 1.75. The second-order valence-electron chi connectivity index (χ2n) is 5.68. The Morgan fingerprint density at radius 2 is 1.72 bits per heavy atom. The molecule has 2 rings (SSSR count). The summed E-state index contributed by atoms with van der Waals surface area (Å²) < 4.78 is 4.92. The van der Waals surface area contributed by atoms with Crippen LogP contribution in [0.15, 0.2) is 48.5 Å². The highest BCUT2D eigenvalue weighted by Gasteiger charge is 2.20. The lowest BCUT2D eigenvalue weighted by molar-refractivity contribution is -0.131. The van der Waals surface area contributed by atoms with Gasteiger partial charge in [-0.2, -0.15) is 0 Å². The van der Waals surface area contributed by atoms with E-state index >= 15 is 0 Å². The highest BCUT2D eigenvalue weighted by molar-refractivity contribution is 5.97. The van der Waals surface area contributed by atoms with E-state index in [2.05, 4.69) is 5.32 Å². The highest BCUT2D eigenvalue weighted by atomic mass is 16.5. The number of amides is 2. The van der Waals surface area contributed by atoms with E-state index < -0.39 is 23.8 Å². The first kappa shape index (κ1) is 18.2. The molecule has 25 heavy (non-hydrogen) atoms. The number of carbonyl (C=O) groups excluding carboxylic acids is 3. The molecule has 0 fully saturated rings. The Morgan fingerprint density at radius 3 is 2.28 bits per heavy atom. The minimum absolute atomic E-state index is 0.319. The van der Waals surface area contributed by atoms with Crippen LogP contribution in [0.3, 0.4) is 0 Å². The van der Waals surface area contributed by atoms with E-state index in [0.29, 0.717) is 17.7 Å². The molecule has 0 saturated carbocycles. The highest BCUT2D eigenvalue weighted by Crippen LogP contribution is 2.14. The molecule has 6 heteroatoms. The number of rotatable bonds is 6. The summed E-state index contributed by atoms with van der Waals surface area (Å²) in [5.74, 6) is -1.13. The molecule has 0 aliphatic carbocycles. The van der Waals surface area contributed by atoms with Gasteiger partial charge in [0.2, 0.25) is 5.91 Å². The summed E-state index contributed by atoms with van der Waals surface area (Å²) in [4.78, 5) is 34.9. The Balaban J connectivity index is 2.08. The number of hydrogen-bond donors (Lipinski definition) is 2. The molecule has 0 heterocycles. The Bertz CT molecular complexity index is 784. The number of carbonyl (C=O) groups is 3. The van der Waals surface area contributed by atoms with E-state index in [0.717, 1.165) is 11.1 Å². The van der Waals surface area contributed by atoms with Crippen LogP contribution < -0.4 is 15.8 Å². The summed E-state index contributed by atoms with van der Waals surface area (Å²) in [7, 11) is 0. The molecule has 0 unspecified atom stereocenters. The lowest BCUT2D eigenvalue weighted by Crippen LogP contribution is -2.45. The van der Waals surface area contributed by atoms with Crippen molar-refractivity contribution < 1.29 is 19.1 Å². The zero-order valence-electron chi connectivity index (χ0n) is 14.1. The van der Waals surface area contributed by atoms with Crippen molar-refractivity contribution >= 4 is 17.8 Å². The van der Waals surface area contributed by atoms with Gasteiger partial charge in [0.1, 0.15) is 11.8 Å². The van der Waals surface area contributed by atoms with Gasteiger partial charge in [-0.05, 0) is 42.3 Å². The average Bonchev–Trinajstić information content (AvgIpc) is 2.56. The fourth-order valence-corrected chi connectivity index (χ4v) is 2.36. The second kappa shape index (κ2) is 8.10. The van der Waals surface area contributed by atoms with Crippen molar-refractivity contribution in [3.63, 3.8) is 0 Å². The summed E-state index contributed by atoms with van der Waals surface area (Å²) in [5, 5.41) is 2.65. The molecule has 0 saturated heterocycles. The molecular formula is C19H20N2O4. The lowest BCUT2D eigenvalue weighted by Gasteiger charge is -2.17. The van der Waals surface area contributed by atoms with Gasteiger partial charge in [0.25, 0.3) is 5.91 Å². The van der Waals surface area contributed by atoms with E-state index in [-0.39, 0.29) is 0 Å². The molecule has 130 valence electrons. The molecule has 0 bridgehead atoms. The van der Waals surface area contributed by atoms with E-state index in [9.17, 15) is 14.4 Å². The molecular weight excluding hydrogens is 320 g/mol. The van der Waals surface area contributed by atoms with Gasteiger partial charge in [-0.3, -0.25) is 14.4 Å². The average molecular weight is 340 g/mol. The maximum Gasteiger partial charge on any atom is 0.308 e. The van der Waals surface area contributed by atoms with Crippen molar-refractivity contribution in [1.29, 1.82) is 0 Å². The van der Waals surface area contributed by atoms with Crippen LogP contribution in [0.25, 0.3) is 0 Å². The molecule has 0 aliphatic heterocycles. The van der Waals surface area contributed by atoms with Crippen LogP contribution in [0.1, 0.15) is 28.4 Å². The predicted molar refractivity (Wildman–Crippen MR) is 93.1 cm³/mol. The van der Waals surface area contributed by atoms with Gasteiger partial charge < -0.3 is 15.8 Å². The topological polar surface area (TPSA) is 98.5 Å². The zero-order chi connectivity index (χ0) is 18.4. The number of primary amides is 1. The standard InChI is InChI=1S/C19H20N2O4/c1-12-5-3-4-6-15(12)11-17(18(20)23)21-19(24)14-7-9-16(10-8-14)25-13(2)22/h3-10,17H,11H2,1-2H3,(H2,20,23)(H,21,24)/t17-/m1/s1. The first-order chi connectivity index (χ1) is 11.9. The molecule has 6 nitrogen and oxygen atoms in total. The normalized spacial score (nSPS) is 11.4. The minimum atomic E-state index is -0.818. The van der Waals surface area contributed by atoms with Crippen molar-refractivity contribution in [2.45, 2.75) is 26.3 Å². The molecule has 2 aromatic rings. The SMILES string of the molecule is CC(=O)Oc1ccc(C(=O)N[C@H](Cc2ccccc2C)C(N)=O)cc1. The molecule has 0 radical (unpaired) electrons. The number of benzene rings is 2. The third-order valence-electron chi connectivity index (χ3n) is 3.71. The van der Waals surface area contributed by atoms with Crippen molar-refractivity contribution in [3.8, 4) is 5.75 Å². The third kappa shape index (κ3) is 5.17. The van der Waals surface area contributed by atoms with Crippen LogP contribution in [0.5, 0.6) is 5.75 Å². The smallest absolute Gasteiger partial charge is 0.308 e. The van der Waals surface area contributed by atoms with Crippen LogP contribution in [-0.4, -0.2) is 23.8 Å². The maximum absolute atomic E-state index is 12.3. The Kier molecular flexibility index (Phi) is 5.89. The second-order valence-corrected chi connectivity index (χ2v) is 5.68. The Morgan fingerprint density at radius 1 is 1.08 bits per heavy atom. The van der Waals surface area contributed by atoms with Crippen LogP contribution in [0.2, 0.25) is 0 Å². The zero-order valence-corrected chi connectivity index (χ0v) is 14.1. The summed E-state index contributed by atoms with van der Waals surface area (Å²) in [6.07, 6.45) is 0.319. The van der Waals surface area contributed by atoms with Gasteiger partial charge in [0.05, 0.1) is 0 Å². The van der Waals surface area contributed by atoms with E-state index in [1.807, 2.05) is 31.2 Å². The number of nitrogens with two attached hydrogens (primary N) is 1. The van der Waals surface area contributed by atoms with Crippen molar-refractivity contribution in [3.05, 3.63) is 65.2 Å². The van der Waals surface area contributed by atoms with Crippen LogP contribution in [0, 0.1) is 6.92 Å². The van der Waals surface area contributed by atoms with Gasteiger partial charge in [-0.15, -0.1) is 0 Å². The summed E-state index contributed by atoms with van der Waals surface area (Å²) in [5.41, 5.74) is 7.73. The maximum atomic E-state index is 12.3. The number of hydrogen-bond acceptors (Lipinski definition) is 4. The number of ether oxygens (including phenoxy) is 1. The first-order valence-electron chi connectivity index (χ1n) is 7.80. The number of nitrogens with one attached hydrogen (secondary N) is 1. The number of esters is 1. The van der Waals surface area contributed by atoms with Gasteiger partial charge in [0.15, 0.2) is 0 Å². The monoisotopic (exact) mass is 340 g/mol. The molecule has 0 aromatic heterocycles. The summed E-state index contributed by atoms with van der Waals surface area (Å²) >= 11 is 0. The quantitative estimate of drug-likeness (QED) is 0.618. The fraction of sp³-hybridized carbons (Fsp3) is 0.211. The Hall–Kier alpha value is -3.15. The third-order valence-corrected chi connectivity index (χ3v) is 3.71. The molecule has 2 aromatic carbocycles. The summed E-state index contributed by atoms with van der Waals surface area (Å²) in [6.45, 7) is 3.23. The van der Waals surface area contributed by atoms with Crippen LogP contribution in [0.4, 0.5) is 0 Å². The van der Waals surface area contributed by atoms with Crippen LogP contribution >= 0.6 is 0 Å². The summed E-state index contributed by atoms with van der Waals surface area (Å²) in [6, 6.07) is 12.8. The van der Waals surface area contributed by atoms with E-state index in [1.165, 1.54) is 31.2 Å².